The number of hydrogen-bond acceptors (Lipinski definition) is 1. The van der Waals surface area contributed by atoms with Crippen molar-refractivity contribution < 1.29 is 3.42 Å². The maximum atomic E-state index is 5.60. The average molecular weight is 206 g/mol. The summed E-state index contributed by atoms with van der Waals surface area (Å²) >= 11 is 0.121. The molecule has 0 saturated carbocycles. The average Bonchev–Trinajstić information content (AvgIpc) is 1.59. The van der Waals surface area contributed by atoms with E-state index >= 15 is 0 Å². The van der Waals surface area contributed by atoms with E-state index in [4.69, 9.17) is 3.42 Å². The molecule has 0 aromatic heterocycles. The fourth-order valence-corrected chi connectivity index (χ4v) is 3.56. The Hall–Kier alpha value is 0.735. The van der Waals surface area contributed by atoms with Crippen LogP contribution in [0.5, 0.6) is 0 Å². The van der Waals surface area contributed by atoms with Crippen LogP contribution < -0.4 is 0 Å². The summed E-state index contributed by atoms with van der Waals surface area (Å²) in [5.74, 6) is 0. The minimum absolute atomic E-state index is 0.121. The van der Waals surface area contributed by atoms with Crippen molar-refractivity contribution in [3.8, 4) is 0 Å². The van der Waals surface area contributed by atoms with Gasteiger partial charge in [0.2, 0.25) is 0 Å². The SMILES string of the molecule is C[Si](C)O[As]C(C)(C)C. The molecule has 0 rings (SSSR count). The zero-order valence-corrected chi connectivity index (χ0v) is 9.73. The van der Waals surface area contributed by atoms with E-state index in [1.54, 1.807) is 0 Å². The Morgan fingerprint density at radius 1 is 1.22 bits per heavy atom. The molecule has 0 heterocycles. The Bertz CT molecular complexity index is 77.6. The molecule has 3 heteroatoms. The second kappa shape index (κ2) is 3.80. The molecule has 54 valence electrons. The second-order valence-corrected chi connectivity index (χ2v) is 9.61. The summed E-state index contributed by atoms with van der Waals surface area (Å²) in [5, 5.41) is 0. The molecule has 0 aliphatic heterocycles. The van der Waals surface area contributed by atoms with E-state index in [9.17, 15) is 0 Å². The molecule has 0 aliphatic rings. The van der Waals surface area contributed by atoms with Gasteiger partial charge in [0, 0.05) is 0 Å². The normalized spacial score (nSPS) is 14.0. The summed E-state index contributed by atoms with van der Waals surface area (Å²) < 4.78 is 6.03. The van der Waals surface area contributed by atoms with E-state index in [0.717, 1.165) is 0 Å². The van der Waals surface area contributed by atoms with Gasteiger partial charge in [0.1, 0.15) is 0 Å². The van der Waals surface area contributed by atoms with Crippen molar-refractivity contribution in [3.05, 3.63) is 0 Å². The van der Waals surface area contributed by atoms with Crippen molar-refractivity contribution in [1.29, 1.82) is 0 Å². The van der Waals surface area contributed by atoms with Gasteiger partial charge < -0.3 is 0 Å². The first-order valence-corrected chi connectivity index (χ1v) is 7.22. The Balaban J connectivity index is 3.28. The van der Waals surface area contributed by atoms with Gasteiger partial charge in [-0.05, 0) is 0 Å². The molecule has 0 N–H and O–H groups in total. The van der Waals surface area contributed by atoms with E-state index in [2.05, 4.69) is 33.9 Å². The molecule has 9 heavy (non-hydrogen) atoms. The van der Waals surface area contributed by atoms with E-state index in [1.165, 1.54) is 0 Å². The number of rotatable bonds is 2. The van der Waals surface area contributed by atoms with Gasteiger partial charge >= 0.3 is 66.6 Å². The van der Waals surface area contributed by atoms with E-state index in [-0.39, 0.29) is 16.1 Å². The third-order valence-corrected chi connectivity index (χ3v) is 4.98. The van der Waals surface area contributed by atoms with Crippen LogP contribution in [0, 0.1) is 0 Å². The maximum absolute atomic E-state index is 5.60. The summed E-state index contributed by atoms with van der Waals surface area (Å²) in [6.07, 6.45) is 0. The molecule has 0 aromatic rings. The van der Waals surface area contributed by atoms with Crippen LogP contribution >= 0.6 is 0 Å². The van der Waals surface area contributed by atoms with E-state index in [1.807, 2.05) is 0 Å². The summed E-state index contributed by atoms with van der Waals surface area (Å²) in [6, 6.07) is 0. The van der Waals surface area contributed by atoms with Crippen LogP contribution in [0.3, 0.4) is 0 Å². The Kier molecular flexibility index (Phi) is 4.11. The zero-order chi connectivity index (χ0) is 7.49. The molecule has 0 amide bonds. The van der Waals surface area contributed by atoms with Gasteiger partial charge in [-0.25, -0.2) is 0 Å². The molecule has 0 unspecified atom stereocenters. The van der Waals surface area contributed by atoms with Gasteiger partial charge in [-0.1, -0.05) is 0 Å². The first-order valence-electron chi connectivity index (χ1n) is 3.11. The molecule has 2 radical (unpaired) electrons. The van der Waals surface area contributed by atoms with Crippen molar-refractivity contribution in [3.63, 3.8) is 0 Å². The molecular formula is C6H15AsOSi. The van der Waals surface area contributed by atoms with Crippen LogP contribution in [-0.2, 0) is 3.42 Å². The van der Waals surface area contributed by atoms with Crippen LogP contribution in [0.25, 0.3) is 0 Å². The van der Waals surface area contributed by atoms with Crippen LogP contribution in [-0.4, -0.2) is 25.1 Å². The quantitative estimate of drug-likeness (QED) is 0.628. The summed E-state index contributed by atoms with van der Waals surface area (Å²) in [5.41, 5.74) is 0. The van der Waals surface area contributed by atoms with Crippen LogP contribution in [0.1, 0.15) is 20.8 Å². The summed E-state index contributed by atoms with van der Waals surface area (Å²) in [6.45, 7) is 11.1. The van der Waals surface area contributed by atoms with Crippen molar-refractivity contribution in [2.45, 2.75) is 38.1 Å². The molecule has 0 fully saturated rings. The van der Waals surface area contributed by atoms with Gasteiger partial charge in [0.15, 0.2) is 0 Å². The molecule has 0 spiro atoms. The predicted molar refractivity (Wildman–Crippen MR) is 44.0 cm³/mol. The van der Waals surface area contributed by atoms with Crippen molar-refractivity contribution in [2.75, 3.05) is 0 Å². The topological polar surface area (TPSA) is 9.23 Å². The molecule has 0 bridgehead atoms. The van der Waals surface area contributed by atoms with Crippen LogP contribution in [0.4, 0.5) is 0 Å². The Morgan fingerprint density at radius 3 is 1.78 bits per heavy atom. The number of hydrogen-bond donors (Lipinski definition) is 0. The first-order chi connectivity index (χ1) is 3.92. The van der Waals surface area contributed by atoms with Crippen molar-refractivity contribution >= 4 is 25.1 Å². The van der Waals surface area contributed by atoms with Gasteiger partial charge in [0.05, 0.1) is 0 Å². The van der Waals surface area contributed by atoms with Gasteiger partial charge in [-0.2, -0.15) is 0 Å². The van der Waals surface area contributed by atoms with Gasteiger partial charge in [-0.3, -0.25) is 0 Å². The first kappa shape index (κ1) is 9.74. The van der Waals surface area contributed by atoms with E-state index < -0.39 is 9.04 Å². The third kappa shape index (κ3) is 8.74. The fraction of sp³-hybridized carbons (Fsp3) is 1.00. The molecule has 0 aromatic carbocycles. The monoisotopic (exact) mass is 206 g/mol. The van der Waals surface area contributed by atoms with E-state index in [0.29, 0.717) is 4.20 Å². The molecule has 0 aliphatic carbocycles. The Labute approximate surface area is 66.9 Å². The molecule has 1 nitrogen and oxygen atoms in total. The Morgan fingerprint density at radius 2 is 1.67 bits per heavy atom. The predicted octanol–water partition coefficient (Wildman–Crippen LogP) is 2.09. The molecule has 0 saturated heterocycles. The summed E-state index contributed by atoms with van der Waals surface area (Å²) in [7, 11) is -0.426. The third-order valence-electron chi connectivity index (χ3n) is 0.502. The summed E-state index contributed by atoms with van der Waals surface area (Å²) in [4.78, 5) is 0. The molecule has 0 atom stereocenters. The molecular weight excluding hydrogens is 191 g/mol. The minimum atomic E-state index is -0.426. The van der Waals surface area contributed by atoms with Gasteiger partial charge in [-0.15, -0.1) is 0 Å². The van der Waals surface area contributed by atoms with Crippen LogP contribution in [0.2, 0.25) is 17.3 Å². The van der Waals surface area contributed by atoms with Crippen LogP contribution in [0.15, 0.2) is 0 Å². The van der Waals surface area contributed by atoms with Crippen molar-refractivity contribution in [1.82, 2.24) is 0 Å². The zero-order valence-electron chi connectivity index (χ0n) is 6.86. The van der Waals surface area contributed by atoms with Gasteiger partial charge in [0.25, 0.3) is 0 Å². The second-order valence-electron chi connectivity index (χ2n) is 3.26. The standard InChI is InChI=1S/C6H15AsOSi/c1-6(2,3)7-8-9(4)5/h1-5H3. The fourth-order valence-electron chi connectivity index (χ4n) is 0.228. The van der Waals surface area contributed by atoms with Crippen molar-refractivity contribution in [2.24, 2.45) is 0 Å².